The smallest absolute Gasteiger partial charge is 0.228 e. The molecule has 2 heterocycles. The van der Waals surface area contributed by atoms with E-state index in [1.165, 1.54) is 4.90 Å². The summed E-state index contributed by atoms with van der Waals surface area (Å²) in [5, 5.41) is 3.18. The number of likely N-dealkylation sites (tertiary alicyclic amines) is 1. The van der Waals surface area contributed by atoms with E-state index in [1.54, 1.807) is 16.7 Å². The van der Waals surface area contributed by atoms with Gasteiger partial charge >= 0.3 is 0 Å². The monoisotopic (exact) mass is 383 g/mol. The van der Waals surface area contributed by atoms with E-state index in [4.69, 9.17) is 0 Å². The number of halogens is 1. The standard InChI is InChI=1S/C18H25N3O2S.ClH/c1-19-10-13-7-8-20(11-13)18(23)14-9-17(22)21(12-14)15-3-5-16(24-2)6-4-15;/h3-6,13-14,19H,7-12H2,1-2H3;1H. The van der Waals surface area contributed by atoms with Crippen molar-refractivity contribution in [1.29, 1.82) is 0 Å². The SMILES string of the molecule is CNCC1CCN(C(=O)C2CC(=O)N(c3ccc(SC)cc3)C2)C1.Cl. The summed E-state index contributed by atoms with van der Waals surface area (Å²) >= 11 is 1.68. The van der Waals surface area contributed by atoms with Crippen molar-refractivity contribution in [3.05, 3.63) is 24.3 Å². The molecule has 7 heteroatoms. The van der Waals surface area contributed by atoms with Crippen LogP contribution in [-0.2, 0) is 9.59 Å². The van der Waals surface area contributed by atoms with Crippen molar-refractivity contribution in [3.63, 3.8) is 0 Å². The molecule has 0 spiro atoms. The number of hydrogen-bond acceptors (Lipinski definition) is 4. The maximum atomic E-state index is 12.7. The summed E-state index contributed by atoms with van der Waals surface area (Å²) in [6.45, 7) is 3.08. The molecule has 0 radical (unpaired) electrons. The first-order valence-electron chi connectivity index (χ1n) is 8.50. The second-order valence-electron chi connectivity index (χ2n) is 6.60. The third kappa shape index (κ3) is 4.49. The molecule has 3 rings (SSSR count). The normalized spacial score (nSPS) is 23.0. The summed E-state index contributed by atoms with van der Waals surface area (Å²) in [5.41, 5.74) is 0.891. The minimum Gasteiger partial charge on any atom is -0.342 e. The molecular formula is C18H26ClN3O2S. The number of hydrogen-bond donors (Lipinski definition) is 1. The third-order valence-electron chi connectivity index (χ3n) is 4.95. The quantitative estimate of drug-likeness (QED) is 0.792. The third-order valence-corrected chi connectivity index (χ3v) is 5.69. The van der Waals surface area contributed by atoms with Gasteiger partial charge in [-0.1, -0.05) is 0 Å². The van der Waals surface area contributed by atoms with Gasteiger partial charge < -0.3 is 15.1 Å². The van der Waals surface area contributed by atoms with E-state index in [2.05, 4.69) is 5.32 Å². The second-order valence-corrected chi connectivity index (χ2v) is 7.48. The molecule has 25 heavy (non-hydrogen) atoms. The summed E-state index contributed by atoms with van der Waals surface area (Å²) in [6, 6.07) is 7.97. The molecule has 1 N–H and O–H groups in total. The predicted octanol–water partition coefficient (Wildman–Crippen LogP) is 2.25. The molecule has 138 valence electrons. The number of rotatable bonds is 5. The van der Waals surface area contributed by atoms with Crippen molar-refractivity contribution < 1.29 is 9.59 Å². The van der Waals surface area contributed by atoms with E-state index < -0.39 is 0 Å². The summed E-state index contributed by atoms with van der Waals surface area (Å²) in [5.74, 6) is 0.527. The van der Waals surface area contributed by atoms with Gasteiger partial charge in [0.2, 0.25) is 11.8 Å². The van der Waals surface area contributed by atoms with Crippen LogP contribution < -0.4 is 10.2 Å². The average molecular weight is 384 g/mol. The number of nitrogens with zero attached hydrogens (tertiary/aromatic N) is 2. The van der Waals surface area contributed by atoms with Crippen LogP contribution in [0.5, 0.6) is 0 Å². The molecule has 2 saturated heterocycles. The molecule has 0 bridgehead atoms. The number of amides is 2. The van der Waals surface area contributed by atoms with Gasteiger partial charge in [0.25, 0.3) is 0 Å². The van der Waals surface area contributed by atoms with Crippen molar-refractivity contribution in [2.75, 3.05) is 44.4 Å². The summed E-state index contributed by atoms with van der Waals surface area (Å²) < 4.78 is 0. The highest BCUT2D eigenvalue weighted by atomic mass is 35.5. The Morgan fingerprint density at radius 1 is 1.28 bits per heavy atom. The van der Waals surface area contributed by atoms with E-state index in [0.717, 1.165) is 31.7 Å². The van der Waals surface area contributed by atoms with Crippen LogP contribution in [0.15, 0.2) is 29.2 Å². The number of nitrogens with one attached hydrogen (secondary N) is 1. The Kier molecular flexibility index (Phi) is 7.16. The predicted molar refractivity (Wildman–Crippen MR) is 105 cm³/mol. The largest absolute Gasteiger partial charge is 0.342 e. The molecule has 2 aliphatic rings. The zero-order chi connectivity index (χ0) is 17.1. The van der Waals surface area contributed by atoms with Crippen LogP contribution in [0.4, 0.5) is 5.69 Å². The van der Waals surface area contributed by atoms with Gasteiger partial charge in [-0.2, -0.15) is 0 Å². The van der Waals surface area contributed by atoms with E-state index >= 15 is 0 Å². The molecule has 1 aromatic rings. The maximum Gasteiger partial charge on any atom is 0.228 e. The van der Waals surface area contributed by atoms with Crippen LogP contribution in [0.25, 0.3) is 0 Å². The van der Waals surface area contributed by atoms with Crippen LogP contribution in [0.3, 0.4) is 0 Å². The molecule has 0 saturated carbocycles. The number of anilines is 1. The Balaban J connectivity index is 0.00000225. The van der Waals surface area contributed by atoms with E-state index in [0.29, 0.717) is 18.9 Å². The molecule has 0 aromatic heterocycles. The lowest BCUT2D eigenvalue weighted by Crippen LogP contribution is -2.36. The number of thioether (sulfide) groups is 1. The van der Waals surface area contributed by atoms with Gasteiger partial charge in [0.05, 0.1) is 5.92 Å². The first-order chi connectivity index (χ1) is 11.6. The Hall–Kier alpha value is -1.24. The fourth-order valence-corrected chi connectivity index (χ4v) is 4.04. The highest BCUT2D eigenvalue weighted by Crippen LogP contribution is 2.29. The van der Waals surface area contributed by atoms with Crippen molar-refractivity contribution in [3.8, 4) is 0 Å². The van der Waals surface area contributed by atoms with Gasteiger partial charge in [-0.25, -0.2) is 0 Å². The summed E-state index contributed by atoms with van der Waals surface area (Å²) in [7, 11) is 1.94. The van der Waals surface area contributed by atoms with E-state index in [-0.39, 0.29) is 30.1 Å². The summed E-state index contributed by atoms with van der Waals surface area (Å²) in [4.78, 5) is 30.0. The number of carbonyl (C=O) groups is 2. The molecule has 5 nitrogen and oxygen atoms in total. The average Bonchev–Trinajstić information content (AvgIpc) is 3.22. The lowest BCUT2D eigenvalue weighted by atomic mass is 10.1. The lowest BCUT2D eigenvalue weighted by Gasteiger charge is -2.21. The topological polar surface area (TPSA) is 52.7 Å². The molecule has 2 atom stereocenters. The van der Waals surface area contributed by atoms with Crippen LogP contribution in [0.2, 0.25) is 0 Å². The first-order valence-corrected chi connectivity index (χ1v) is 9.72. The number of carbonyl (C=O) groups excluding carboxylic acids is 2. The van der Waals surface area contributed by atoms with Gasteiger partial charge in [0.15, 0.2) is 0 Å². The van der Waals surface area contributed by atoms with Crippen LogP contribution in [-0.4, -0.2) is 56.2 Å². The highest BCUT2D eigenvalue weighted by Gasteiger charge is 2.38. The molecule has 2 unspecified atom stereocenters. The zero-order valence-electron chi connectivity index (χ0n) is 14.7. The van der Waals surface area contributed by atoms with E-state index in [1.807, 2.05) is 42.5 Å². The molecule has 1 aromatic carbocycles. The molecule has 2 amide bonds. The van der Waals surface area contributed by atoms with Crippen molar-refractivity contribution in [2.45, 2.75) is 17.7 Å². The van der Waals surface area contributed by atoms with Gasteiger partial charge in [0, 0.05) is 36.6 Å². The van der Waals surface area contributed by atoms with Gasteiger partial charge in [-0.05, 0) is 56.5 Å². The Labute approximate surface area is 159 Å². The fourth-order valence-electron chi connectivity index (χ4n) is 3.63. The Morgan fingerprint density at radius 3 is 2.64 bits per heavy atom. The molecule has 0 aliphatic carbocycles. The van der Waals surface area contributed by atoms with Gasteiger partial charge in [-0.3, -0.25) is 9.59 Å². The van der Waals surface area contributed by atoms with Crippen molar-refractivity contribution >= 4 is 41.7 Å². The zero-order valence-corrected chi connectivity index (χ0v) is 16.4. The fraction of sp³-hybridized carbons (Fsp3) is 0.556. The van der Waals surface area contributed by atoms with Crippen LogP contribution in [0, 0.1) is 11.8 Å². The minimum atomic E-state index is -0.203. The molecular weight excluding hydrogens is 358 g/mol. The Bertz CT molecular complexity index is 611. The molecule has 2 fully saturated rings. The Morgan fingerprint density at radius 2 is 2.00 bits per heavy atom. The number of benzene rings is 1. The van der Waals surface area contributed by atoms with Crippen molar-refractivity contribution in [2.24, 2.45) is 11.8 Å². The summed E-state index contributed by atoms with van der Waals surface area (Å²) in [6.07, 6.45) is 3.41. The lowest BCUT2D eigenvalue weighted by molar-refractivity contribution is -0.134. The van der Waals surface area contributed by atoms with Gasteiger partial charge in [0.1, 0.15) is 0 Å². The maximum absolute atomic E-state index is 12.7. The molecule has 2 aliphatic heterocycles. The van der Waals surface area contributed by atoms with E-state index in [9.17, 15) is 9.59 Å². The van der Waals surface area contributed by atoms with Crippen molar-refractivity contribution in [1.82, 2.24) is 10.2 Å². The van der Waals surface area contributed by atoms with Crippen LogP contribution in [0.1, 0.15) is 12.8 Å². The first kappa shape index (κ1) is 20.1. The second kappa shape index (κ2) is 8.92. The highest BCUT2D eigenvalue weighted by molar-refractivity contribution is 7.98. The minimum absolute atomic E-state index is 0. The van der Waals surface area contributed by atoms with Crippen LogP contribution >= 0.6 is 24.2 Å². The van der Waals surface area contributed by atoms with Gasteiger partial charge in [-0.15, -0.1) is 24.2 Å².